The zero-order chi connectivity index (χ0) is 26.1. The van der Waals surface area contributed by atoms with Gasteiger partial charge < -0.3 is 14.2 Å². The van der Waals surface area contributed by atoms with Gasteiger partial charge in [0.05, 0.1) is 16.3 Å². The molecule has 1 saturated carbocycles. The number of halogens is 3. The number of benzene rings is 1. The normalized spacial score (nSPS) is 23.0. The fraction of sp³-hybridized carbons (Fsp3) is 0.556. The number of piperidine rings is 1. The summed E-state index contributed by atoms with van der Waals surface area (Å²) in [5, 5.41) is 1.15. The molecule has 5 nitrogen and oxygen atoms in total. The third-order valence-electron chi connectivity index (χ3n) is 7.52. The van der Waals surface area contributed by atoms with Gasteiger partial charge >= 0.3 is 6.18 Å². The van der Waals surface area contributed by atoms with Crippen LogP contribution >= 0.6 is 11.8 Å². The van der Waals surface area contributed by atoms with Crippen molar-refractivity contribution in [1.29, 1.82) is 0 Å². The van der Waals surface area contributed by atoms with E-state index < -0.39 is 11.7 Å². The Morgan fingerprint density at radius 3 is 2.72 bits per heavy atom. The Labute approximate surface area is 215 Å². The number of nitrogens with zero attached hydrogens (tertiary/aromatic N) is 4. The Morgan fingerprint density at radius 1 is 1.33 bits per heavy atom. The maximum Gasteiger partial charge on any atom is 0.416 e. The summed E-state index contributed by atoms with van der Waals surface area (Å²) >= 11 is 1.79. The van der Waals surface area contributed by atoms with Gasteiger partial charge in [0.2, 0.25) is 0 Å². The predicted octanol–water partition coefficient (Wildman–Crippen LogP) is 6.35. The molecule has 2 aliphatic rings. The van der Waals surface area contributed by atoms with Crippen molar-refractivity contribution < 1.29 is 17.6 Å². The molecular formula is C27H35F3N4OS. The number of hydrogen-bond donors (Lipinski definition) is 0. The van der Waals surface area contributed by atoms with Crippen LogP contribution in [-0.2, 0) is 11.6 Å². The van der Waals surface area contributed by atoms with Crippen molar-refractivity contribution in [2.45, 2.75) is 51.6 Å². The summed E-state index contributed by atoms with van der Waals surface area (Å²) in [5.74, 6) is 2.65. The van der Waals surface area contributed by atoms with Crippen molar-refractivity contribution in [1.82, 2.24) is 14.8 Å². The molecular weight excluding hydrogens is 485 g/mol. The number of aryl methyl sites for hydroxylation is 1. The standard InChI is InChI=1S/C27H35F3N4OS/c1-6-18(2)25(33(5)24(31-4)23-19(3)32-17-35-23)36-13-9-12-34-15-20-14-26(20,16-34)21-10-7-8-11-22(21)27(28,29)30/h7-8,10-11,17,20H,6,9,12-16H2,1-5H3/b25-18-,31-24?/t20?,26-/m1/s1. The number of alkyl halides is 3. The molecule has 1 aliphatic carbocycles. The monoisotopic (exact) mass is 520 g/mol. The number of hydrogen-bond acceptors (Lipinski definition) is 5. The molecule has 2 heterocycles. The molecule has 2 atom stereocenters. The fourth-order valence-electron chi connectivity index (χ4n) is 5.47. The quantitative estimate of drug-likeness (QED) is 0.219. The highest BCUT2D eigenvalue weighted by molar-refractivity contribution is 8.03. The lowest BCUT2D eigenvalue weighted by molar-refractivity contribution is -0.138. The minimum atomic E-state index is -4.31. The molecule has 1 aromatic carbocycles. The van der Waals surface area contributed by atoms with Gasteiger partial charge in [-0.2, -0.15) is 13.2 Å². The molecule has 2 aromatic rings. The van der Waals surface area contributed by atoms with Gasteiger partial charge in [-0.15, -0.1) is 11.8 Å². The van der Waals surface area contributed by atoms with Gasteiger partial charge in [0.15, 0.2) is 18.0 Å². The molecule has 36 heavy (non-hydrogen) atoms. The second-order valence-corrected chi connectivity index (χ2v) is 10.9. The molecule has 1 aliphatic heterocycles. The van der Waals surface area contributed by atoms with Crippen molar-refractivity contribution in [2.24, 2.45) is 10.9 Å². The summed E-state index contributed by atoms with van der Waals surface area (Å²) in [6.07, 6.45) is -0.123. The molecule has 0 radical (unpaired) electrons. The summed E-state index contributed by atoms with van der Waals surface area (Å²) in [5.41, 5.74) is 1.76. The largest absolute Gasteiger partial charge is 0.440 e. The zero-order valence-corrected chi connectivity index (χ0v) is 22.5. The van der Waals surface area contributed by atoms with E-state index in [1.165, 1.54) is 24.1 Å². The number of fused-ring (bicyclic) bond motifs is 1. The summed E-state index contributed by atoms with van der Waals surface area (Å²) in [7, 11) is 3.75. The molecule has 4 rings (SSSR count). The van der Waals surface area contributed by atoms with Crippen LogP contribution in [0.25, 0.3) is 0 Å². The molecule has 2 fully saturated rings. The molecule has 1 saturated heterocycles. The van der Waals surface area contributed by atoms with Gasteiger partial charge in [0.25, 0.3) is 0 Å². The first-order valence-corrected chi connectivity index (χ1v) is 13.4. The number of thioether (sulfide) groups is 1. The first kappa shape index (κ1) is 26.8. The van der Waals surface area contributed by atoms with E-state index in [1.807, 2.05) is 14.0 Å². The summed E-state index contributed by atoms with van der Waals surface area (Å²) < 4.78 is 46.5. The molecule has 1 unspecified atom stereocenters. The van der Waals surface area contributed by atoms with E-state index in [9.17, 15) is 13.2 Å². The Kier molecular flexibility index (Phi) is 7.90. The van der Waals surface area contributed by atoms with Crippen molar-refractivity contribution in [3.63, 3.8) is 0 Å². The van der Waals surface area contributed by atoms with E-state index >= 15 is 0 Å². The van der Waals surface area contributed by atoms with Gasteiger partial charge in [-0.25, -0.2) is 4.98 Å². The Morgan fingerprint density at radius 2 is 2.08 bits per heavy atom. The number of oxazole rings is 1. The van der Waals surface area contributed by atoms with Crippen LogP contribution in [0, 0.1) is 12.8 Å². The second kappa shape index (κ2) is 10.6. The number of aliphatic imine (C=N–C) groups is 1. The maximum atomic E-state index is 13.6. The van der Waals surface area contributed by atoms with E-state index in [1.54, 1.807) is 30.9 Å². The van der Waals surface area contributed by atoms with Crippen LogP contribution in [-0.4, -0.2) is 60.1 Å². The summed E-state index contributed by atoms with van der Waals surface area (Å²) in [6.45, 7) is 8.66. The first-order valence-electron chi connectivity index (χ1n) is 12.4. The van der Waals surface area contributed by atoms with Crippen molar-refractivity contribution in [3.8, 4) is 0 Å². The zero-order valence-electron chi connectivity index (χ0n) is 21.7. The average molecular weight is 521 g/mol. The number of allylic oxidation sites excluding steroid dienone is 1. The van der Waals surface area contributed by atoms with Crippen LogP contribution in [0.4, 0.5) is 13.2 Å². The minimum absolute atomic E-state index is 0.325. The van der Waals surface area contributed by atoms with Crippen LogP contribution < -0.4 is 0 Å². The average Bonchev–Trinajstić information content (AvgIpc) is 3.17. The third kappa shape index (κ3) is 5.23. The van der Waals surface area contributed by atoms with Crippen molar-refractivity contribution in [3.05, 3.63) is 63.8 Å². The fourth-order valence-corrected chi connectivity index (χ4v) is 6.61. The lowest BCUT2D eigenvalue weighted by Crippen LogP contribution is -2.29. The van der Waals surface area contributed by atoms with Crippen molar-refractivity contribution >= 4 is 17.6 Å². The van der Waals surface area contributed by atoms with Gasteiger partial charge in [0.1, 0.15) is 0 Å². The van der Waals surface area contributed by atoms with Gasteiger partial charge in [-0.05, 0) is 62.8 Å². The number of rotatable bonds is 9. The molecule has 0 N–H and O–H groups in total. The number of amidine groups is 1. The van der Waals surface area contributed by atoms with E-state index in [0.29, 0.717) is 23.8 Å². The van der Waals surface area contributed by atoms with E-state index in [-0.39, 0.29) is 5.41 Å². The van der Waals surface area contributed by atoms with Crippen LogP contribution in [0.5, 0.6) is 0 Å². The van der Waals surface area contributed by atoms with Gasteiger partial charge in [-0.1, -0.05) is 25.1 Å². The van der Waals surface area contributed by atoms with Crippen LogP contribution in [0.3, 0.4) is 0 Å². The van der Waals surface area contributed by atoms with E-state index in [0.717, 1.165) is 54.7 Å². The highest BCUT2D eigenvalue weighted by Gasteiger charge is 2.62. The third-order valence-corrected chi connectivity index (χ3v) is 8.91. The Bertz CT molecular complexity index is 1140. The SMILES string of the molecule is CC/C(C)=C(\SCCCN1CC2C[C@@]2(c2ccccc2C(F)(F)F)C1)N(C)C(=NC)c1ocnc1C. The summed E-state index contributed by atoms with van der Waals surface area (Å²) in [4.78, 5) is 13.1. The molecule has 0 amide bonds. The van der Waals surface area contributed by atoms with Gasteiger partial charge in [0, 0.05) is 38.4 Å². The Balaban J connectivity index is 1.36. The number of likely N-dealkylation sites (tertiary alicyclic amines) is 1. The van der Waals surface area contributed by atoms with E-state index in [4.69, 9.17) is 4.42 Å². The van der Waals surface area contributed by atoms with Crippen LogP contribution in [0.2, 0.25) is 0 Å². The lowest BCUT2D eigenvalue weighted by Gasteiger charge is -2.26. The molecule has 196 valence electrons. The maximum absolute atomic E-state index is 13.6. The van der Waals surface area contributed by atoms with Gasteiger partial charge in [-0.3, -0.25) is 4.99 Å². The highest BCUT2D eigenvalue weighted by Crippen LogP contribution is 2.60. The van der Waals surface area contributed by atoms with Crippen LogP contribution in [0.15, 0.2) is 50.7 Å². The minimum Gasteiger partial charge on any atom is -0.440 e. The Hall–Kier alpha value is -2.26. The molecule has 1 aromatic heterocycles. The predicted molar refractivity (Wildman–Crippen MR) is 139 cm³/mol. The van der Waals surface area contributed by atoms with E-state index in [2.05, 4.69) is 33.6 Å². The molecule has 0 spiro atoms. The van der Waals surface area contributed by atoms with Crippen molar-refractivity contribution in [2.75, 3.05) is 39.5 Å². The smallest absolute Gasteiger partial charge is 0.416 e. The van der Waals surface area contributed by atoms with Crippen LogP contribution in [0.1, 0.15) is 55.7 Å². The lowest BCUT2D eigenvalue weighted by atomic mass is 9.90. The molecule has 0 bridgehead atoms. The summed E-state index contributed by atoms with van der Waals surface area (Å²) in [6, 6.07) is 6.14. The first-order chi connectivity index (χ1) is 17.1. The highest BCUT2D eigenvalue weighted by atomic mass is 32.2. The topological polar surface area (TPSA) is 44.9 Å². The second-order valence-electron chi connectivity index (χ2n) is 9.85. The molecule has 9 heteroatoms. The number of aromatic nitrogens is 1.